The molecule has 0 aliphatic carbocycles. The molecule has 2 saturated heterocycles. The number of benzene rings is 1. The van der Waals surface area contributed by atoms with Crippen molar-refractivity contribution in [1.82, 2.24) is 45.0 Å². The summed E-state index contributed by atoms with van der Waals surface area (Å²) in [5.74, 6) is -1.90. The van der Waals surface area contributed by atoms with E-state index in [2.05, 4.69) is 20.6 Å². The number of ether oxygens (including phenoxy) is 2. The number of esters is 1. The summed E-state index contributed by atoms with van der Waals surface area (Å²) in [7, 11) is 7.02. The van der Waals surface area contributed by atoms with Crippen LogP contribution < -0.4 is 10.7 Å². The van der Waals surface area contributed by atoms with E-state index < -0.39 is 60.1 Å². The predicted molar refractivity (Wildman–Crippen MR) is 282 cm³/mol. The van der Waals surface area contributed by atoms with Crippen LogP contribution in [0, 0.1) is 11.3 Å². The van der Waals surface area contributed by atoms with E-state index >= 15 is 0 Å². The van der Waals surface area contributed by atoms with Crippen LogP contribution in [-0.2, 0) is 43.2 Å². The molecule has 384 valence electrons. The number of urea groups is 1. The number of halogens is 3. The highest BCUT2D eigenvalue weighted by Crippen LogP contribution is 2.43. The lowest BCUT2D eigenvalue weighted by Crippen LogP contribution is -2.65. The number of carbonyl (C=O) groups is 4. The van der Waals surface area contributed by atoms with E-state index in [0.717, 1.165) is 0 Å². The van der Waals surface area contributed by atoms with Gasteiger partial charge in [-0.3, -0.25) is 24.4 Å². The average Bonchev–Trinajstić information content (AvgIpc) is 3.81. The van der Waals surface area contributed by atoms with Crippen molar-refractivity contribution in [3.8, 4) is 22.5 Å². The fourth-order valence-corrected chi connectivity index (χ4v) is 9.89. The maximum absolute atomic E-state index is 14.6. The molecular weight excluding hydrogens is 992 g/mol. The molecule has 6 bridgehead atoms. The Morgan fingerprint density at radius 3 is 2.41 bits per heavy atom. The number of nitrogens with zero attached hydrogens (tertiary/aromatic N) is 7. The quantitative estimate of drug-likeness (QED) is 0.177. The third-order valence-corrected chi connectivity index (χ3v) is 13.5. The molecule has 69 heavy (non-hydrogen) atoms. The molecule has 0 saturated carbocycles. The molecule has 3 aliphatic heterocycles. The minimum Gasteiger partial charge on any atom is -0.464 e. The number of carbonyl (C=O) groups excluding carboxylic acids is 4. The number of methoxy groups -OCH3 is 1. The Hall–Kier alpha value is -3.71. The SMILES string of the molecule is CO[C@@H](C)c1ncccc1-c1c2c3cc(ccc3n1CC(F)(F)F)-c1csc(n1)C[C@H](NC(=O)[C@H](C(C)C)N(C)C(=O)N1CC(N(C)C)C1)C(=O)N1CCC[C@H](N1)C(=O)OCC(C)(C)C2.S.S.S.S. The van der Waals surface area contributed by atoms with Gasteiger partial charge in [-0.1, -0.05) is 33.8 Å². The number of hydrogen-bond acceptors (Lipinski definition) is 11. The third-order valence-electron chi connectivity index (χ3n) is 12.7. The molecule has 0 spiro atoms. The number of likely N-dealkylation sites (tertiary alicyclic amines) is 1. The van der Waals surface area contributed by atoms with Crippen LogP contribution in [0.2, 0.25) is 0 Å². The maximum atomic E-state index is 14.6. The largest absolute Gasteiger partial charge is 0.464 e. The second kappa shape index (κ2) is 24.1. The van der Waals surface area contributed by atoms with Crippen LogP contribution in [0.5, 0.6) is 0 Å². The number of thiazole rings is 1. The summed E-state index contributed by atoms with van der Waals surface area (Å²) in [6, 6.07) is 5.67. The molecule has 4 aromatic rings. The van der Waals surface area contributed by atoms with Crippen molar-refractivity contribution in [1.29, 1.82) is 0 Å². The molecule has 4 amide bonds. The van der Waals surface area contributed by atoms with Crippen molar-refractivity contribution in [2.75, 3.05) is 54.5 Å². The number of rotatable bonds is 9. The number of alkyl halides is 3. The average molecular weight is 1060 g/mol. The van der Waals surface area contributed by atoms with Gasteiger partial charge in [0.25, 0.3) is 5.91 Å². The Labute approximate surface area is 434 Å². The van der Waals surface area contributed by atoms with Crippen LogP contribution in [0.3, 0.4) is 0 Å². The number of nitrogens with one attached hydrogen (secondary N) is 2. The van der Waals surface area contributed by atoms with E-state index in [1.54, 1.807) is 49.3 Å². The topological polar surface area (TPSA) is 154 Å². The van der Waals surface area contributed by atoms with Gasteiger partial charge in [0.2, 0.25) is 5.91 Å². The van der Waals surface area contributed by atoms with E-state index in [1.807, 2.05) is 53.2 Å². The van der Waals surface area contributed by atoms with Crippen molar-refractivity contribution in [3.05, 3.63) is 58.2 Å². The Bertz CT molecular complexity index is 2430. The number of hydrazine groups is 1. The van der Waals surface area contributed by atoms with E-state index in [4.69, 9.17) is 14.5 Å². The van der Waals surface area contributed by atoms with Gasteiger partial charge < -0.3 is 34.1 Å². The van der Waals surface area contributed by atoms with Gasteiger partial charge in [-0.25, -0.2) is 15.2 Å². The van der Waals surface area contributed by atoms with E-state index in [-0.39, 0.29) is 98.0 Å². The maximum Gasteiger partial charge on any atom is 0.406 e. The summed E-state index contributed by atoms with van der Waals surface area (Å²) in [5, 5.41) is 7.22. The van der Waals surface area contributed by atoms with E-state index in [9.17, 15) is 32.3 Å². The van der Waals surface area contributed by atoms with Crippen molar-refractivity contribution >= 4 is 100 Å². The molecule has 7 rings (SSSR count). The number of pyridine rings is 1. The highest BCUT2D eigenvalue weighted by atomic mass is 32.1. The summed E-state index contributed by atoms with van der Waals surface area (Å²) in [6.45, 7) is 9.23. The molecular formula is C46H68F3N9O6S5. The van der Waals surface area contributed by atoms with Gasteiger partial charge in [-0.05, 0) is 76.0 Å². The first kappa shape index (κ1) is 59.6. The lowest BCUT2D eigenvalue weighted by molar-refractivity contribution is -0.155. The Kier molecular flexibility index (Phi) is 20.8. The molecule has 3 aromatic heterocycles. The molecule has 6 heterocycles. The molecule has 0 unspecified atom stereocenters. The fraction of sp³-hybridized carbons (Fsp3) is 0.565. The number of hydrogen-bond donors (Lipinski definition) is 2. The van der Waals surface area contributed by atoms with Crippen LogP contribution in [0.1, 0.15) is 69.8 Å². The second-order valence-electron chi connectivity index (χ2n) is 18.8. The molecule has 15 nitrogen and oxygen atoms in total. The number of fused-ring (bicyclic) bond motifs is 6. The van der Waals surface area contributed by atoms with Gasteiger partial charge in [-0.15, -0.1) is 11.3 Å². The minimum absolute atomic E-state index is 0. The monoisotopic (exact) mass is 1060 g/mol. The molecule has 23 heteroatoms. The first-order valence-electron chi connectivity index (χ1n) is 22.0. The Morgan fingerprint density at radius 1 is 1.07 bits per heavy atom. The van der Waals surface area contributed by atoms with Crippen molar-refractivity contribution in [2.45, 2.75) is 103 Å². The first-order valence-corrected chi connectivity index (χ1v) is 22.9. The van der Waals surface area contributed by atoms with Gasteiger partial charge >= 0.3 is 18.2 Å². The van der Waals surface area contributed by atoms with Crippen LogP contribution in [0.25, 0.3) is 33.4 Å². The molecule has 1 aromatic carbocycles. The number of amides is 4. The number of aromatic nitrogens is 3. The molecule has 3 aliphatic rings. The summed E-state index contributed by atoms with van der Waals surface area (Å²) in [5.41, 5.74) is 5.71. The zero-order chi connectivity index (χ0) is 47.1. The fourth-order valence-electron chi connectivity index (χ4n) is 9.04. The van der Waals surface area contributed by atoms with Gasteiger partial charge in [0.1, 0.15) is 24.7 Å². The van der Waals surface area contributed by atoms with Gasteiger partial charge in [0, 0.05) is 85.3 Å². The summed E-state index contributed by atoms with van der Waals surface area (Å²) in [4.78, 5) is 71.0. The molecule has 4 atom stereocenters. The number of likely N-dealkylation sites (N-methyl/N-ethyl adjacent to an activating group) is 2. The van der Waals surface area contributed by atoms with Crippen LogP contribution in [-0.4, -0.2) is 143 Å². The minimum atomic E-state index is -4.58. The third kappa shape index (κ3) is 13.2. The molecule has 2 fully saturated rings. The van der Waals surface area contributed by atoms with Gasteiger partial charge in [0.15, 0.2) is 0 Å². The van der Waals surface area contributed by atoms with Crippen molar-refractivity contribution in [3.63, 3.8) is 0 Å². The standard InChI is InChI=1S/C46H60F3N9O6S.4H2S/c1-26(2)39(55(8)44(62)56-21-29(22-56)54(6)7)41(59)52-34-19-37-51-35(23-65-37)28-14-15-36-31(18-28)32(20-45(4,5)25-64-43(61)33-13-11-17-58(53-33)42(34)60)40(57(36)24-46(47,48)49)30-12-10-16-50-38(30)27(3)63-9;;;;/h10,12,14-16,18,23,26-27,29,33-34,39,53H,11,13,17,19-22,24-25H2,1-9H3,(H,52,59);4*1H2/t27-,33-,34-,39-;;;;/m0..../s1. The van der Waals surface area contributed by atoms with Crippen LogP contribution in [0.15, 0.2) is 41.9 Å². The Morgan fingerprint density at radius 2 is 1.77 bits per heavy atom. The van der Waals surface area contributed by atoms with Gasteiger partial charge in [0.05, 0.1) is 34.8 Å². The first-order chi connectivity index (χ1) is 30.7. The van der Waals surface area contributed by atoms with Crippen molar-refractivity contribution in [2.24, 2.45) is 11.3 Å². The summed E-state index contributed by atoms with van der Waals surface area (Å²) in [6.07, 6.45) is -2.49. The highest BCUT2D eigenvalue weighted by molar-refractivity contribution is 7.59. The summed E-state index contributed by atoms with van der Waals surface area (Å²) >= 11 is 1.28. The smallest absolute Gasteiger partial charge is 0.406 e. The highest BCUT2D eigenvalue weighted by Gasteiger charge is 2.41. The normalized spacial score (nSPS) is 19.4. The van der Waals surface area contributed by atoms with E-state index in [1.165, 1.54) is 32.9 Å². The predicted octanol–water partition coefficient (Wildman–Crippen LogP) is 6.52. The van der Waals surface area contributed by atoms with Crippen molar-refractivity contribution < 1.29 is 41.8 Å². The number of cyclic esters (lactones) is 1. The lowest BCUT2D eigenvalue weighted by atomic mass is 9.84. The summed E-state index contributed by atoms with van der Waals surface area (Å²) < 4.78 is 56.8. The zero-order valence-corrected chi connectivity index (χ0v) is 45.3. The second-order valence-corrected chi connectivity index (χ2v) is 19.8. The lowest BCUT2D eigenvalue weighted by Gasteiger charge is -2.45. The van der Waals surface area contributed by atoms with Gasteiger partial charge in [-0.2, -0.15) is 67.2 Å². The van der Waals surface area contributed by atoms with Crippen LogP contribution in [0.4, 0.5) is 18.0 Å². The zero-order valence-electron chi connectivity index (χ0n) is 40.5. The van der Waals surface area contributed by atoms with Crippen LogP contribution >= 0.6 is 65.3 Å². The molecule has 0 radical (unpaired) electrons. The Balaban J connectivity index is 0.00000315. The van der Waals surface area contributed by atoms with E-state index in [0.29, 0.717) is 75.6 Å². The molecule has 2 N–H and O–H groups in total.